The fraction of sp³-hybridized carbons (Fsp3) is 0.421. The van der Waals surface area contributed by atoms with Gasteiger partial charge in [-0.3, -0.25) is 9.48 Å². The lowest BCUT2D eigenvalue weighted by molar-refractivity contribution is -0.132. The smallest absolute Gasteiger partial charge is 0.224 e. The minimum absolute atomic E-state index is 0.223. The maximum Gasteiger partial charge on any atom is 0.224 e. The molecule has 130 valence electrons. The predicted octanol–water partition coefficient (Wildman–Crippen LogP) is 3.60. The fourth-order valence-corrected chi connectivity index (χ4v) is 4.56. The van der Waals surface area contributed by atoms with Gasteiger partial charge in [-0.25, -0.2) is 4.98 Å². The summed E-state index contributed by atoms with van der Waals surface area (Å²) in [4.78, 5) is 19.4. The second kappa shape index (κ2) is 6.96. The summed E-state index contributed by atoms with van der Waals surface area (Å²) in [5.41, 5.74) is 2.17. The van der Waals surface area contributed by atoms with Crippen LogP contribution < -0.4 is 0 Å². The highest BCUT2D eigenvalue weighted by molar-refractivity contribution is 7.18. The number of benzene rings is 1. The normalized spacial score (nSPS) is 18.0. The molecule has 1 amide bonds. The second-order valence-corrected chi connectivity index (χ2v) is 7.71. The standard InChI is InChI=1S/C19H22N4OS/c1-14-8-10-20-23(14)12-9-18(24)22-11-4-5-15(13-22)19-21-16-6-2-3-7-17(16)25-19/h2-3,6-8,10,15H,4-5,9,11-13H2,1H3/t15-/m0/s1. The minimum Gasteiger partial charge on any atom is -0.342 e. The molecule has 0 bridgehead atoms. The van der Waals surface area contributed by atoms with Crippen LogP contribution >= 0.6 is 11.3 Å². The van der Waals surface area contributed by atoms with Crippen molar-refractivity contribution in [2.45, 2.75) is 38.6 Å². The summed E-state index contributed by atoms with van der Waals surface area (Å²) in [7, 11) is 0. The molecule has 1 aliphatic heterocycles. The van der Waals surface area contributed by atoms with Crippen LogP contribution in [0.3, 0.4) is 0 Å². The predicted molar refractivity (Wildman–Crippen MR) is 99.8 cm³/mol. The number of para-hydroxylation sites is 1. The van der Waals surface area contributed by atoms with E-state index in [-0.39, 0.29) is 5.91 Å². The van der Waals surface area contributed by atoms with E-state index in [4.69, 9.17) is 4.98 Å². The molecule has 0 radical (unpaired) electrons. The van der Waals surface area contributed by atoms with E-state index >= 15 is 0 Å². The van der Waals surface area contributed by atoms with Gasteiger partial charge in [0.25, 0.3) is 0 Å². The number of amides is 1. The first-order chi connectivity index (χ1) is 12.2. The van der Waals surface area contributed by atoms with Crippen molar-refractivity contribution in [1.82, 2.24) is 19.7 Å². The third-order valence-corrected chi connectivity index (χ3v) is 6.10. The highest BCUT2D eigenvalue weighted by atomic mass is 32.1. The monoisotopic (exact) mass is 354 g/mol. The molecule has 1 aromatic carbocycles. The number of thiazole rings is 1. The Hall–Kier alpha value is -2.21. The van der Waals surface area contributed by atoms with Crippen molar-refractivity contribution in [2.24, 2.45) is 0 Å². The largest absolute Gasteiger partial charge is 0.342 e. The first-order valence-corrected chi connectivity index (χ1v) is 9.64. The van der Waals surface area contributed by atoms with Crippen LogP contribution in [0.5, 0.6) is 0 Å². The molecule has 1 atom stereocenters. The van der Waals surface area contributed by atoms with Gasteiger partial charge in [0.2, 0.25) is 5.91 Å². The van der Waals surface area contributed by atoms with Crippen molar-refractivity contribution in [1.29, 1.82) is 0 Å². The number of aromatic nitrogens is 3. The van der Waals surface area contributed by atoms with Crippen LogP contribution in [0.15, 0.2) is 36.5 Å². The highest BCUT2D eigenvalue weighted by Crippen LogP contribution is 2.33. The van der Waals surface area contributed by atoms with Gasteiger partial charge in [0.1, 0.15) is 0 Å². The summed E-state index contributed by atoms with van der Waals surface area (Å²) in [6, 6.07) is 10.2. The Balaban J connectivity index is 1.41. The quantitative estimate of drug-likeness (QED) is 0.719. The Labute approximate surface area is 151 Å². The number of piperidine rings is 1. The summed E-state index contributed by atoms with van der Waals surface area (Å²) in [6.45, 7) is 4.32. The molecule has 0 aliphatic carbocycles. The van der Waals surface area contributed by atoms with Crippen molar-refractivity contribution < 1.29 is 4.79 Å². The number of fused-ring (bicyclic) bond motifs is 1. The molecular weight excluding hydrogens is 332 g/mol. The number of rotatable bonds is 4. The topological polar surface area (TPSA) is 51.0 Å². The summed E-state index contributed by atoms with van der Waals surface area (Å²) in [5.74, 6) is 0.585. The number of carbonyl (C=O) groups is 1. The molecule has 5 nitrogen and oxygen atoms in total. The van der Waals surface area contributed by atoms with Gasteiger partial charge < -0.3 is 4.90 Å². The molecule has 1 aliphatic rings. The molecule has 3 heterocycles. The summed E-state index contributed by atoms with van der Waals surface area (Å²) < 4.78 is 3.13. The first kappa shape index (κ1) is 16.3. The van der Waals surface area contributed by atoms with Gasteiger partial charge in [0.05, 0.1) is 15.2 Å². The van der Waals surface area contributed by atoms with Crippen LogP contribution in [-0.4, -0.2) is 38.7 Å². The van der Waals surface area contributed by atoms with Gasteiger partial charge in [0.15, 0.2) is 0 Å². The zero-order valence-corrected chi connectivity index (χ0v) is 15.2. The summed E-state index contributed by atoms with van der Waals surface area (Å²) >= 11 is 1.77. The lowest BCUT2D eigenvalue weighted by Crippen LogP contribution is -2.39. The summed E-state index contributed by atoms with van der Waals surface area (Å²) in [5, 5.41) is 5.43. The van der Waals surface area contributed by atoms with Crippen LogP contribution in [0.4, 0.5) is 0 Å². The van der Waals surface area contributed by atoms with E-state index in [2.05, 4.69) is 23.3 Å². The van der Waals surface area contributed by atoms with E-state index in [9.17, 15) is 4.79 Å². The number of hydrogen-bond donors (Lipinski definition) is 0. The van der Waals surface area contributed by atoms with E-state index in [0.717, 1.165) is 37.1 Å². The first-order valence-electron chi connectivity index (χ1n) is 8.82. The lowest BCUT2D eigenvalue weighted by Gasteiger charge is -2.32. The lowest BCUT2D eigenvalue weighted by atomic mass is 9.98. The Morgan fingerprint density at radius 3 is 3.00 bits per heavy atom. The van der Waals surface area contributed by atoms with Crippen LogP contribution in [0, 0.1) is 6.92 Å². The van der Waals surface area contributed by atoms with Gasteiger partial charge in [0, 0.05) is 43.9 Å². The van der Waals surface area contributed by atoms with E-state index in [0.29, 0.717) is 18.9 Å². The maximum absolute atomic E-state index is 12.6. The van der Waals surface area contributed by atoms with E-state index in [1.807, 2.05) is 28.6 Å². The van der Waals surface area contributed by atoms with Crippen molar-refractivity contribution in [3.8, 4) is 0 Å². The molecular formula is C19H22N4OS. The van der Waals surface area contributed by atoms with Gasteiger partial charge in [-0.1, -0.05) is 12.1 Å². The van der Waals surface area contributed by atoms with E-state index in [1.54, 1.807) is 17.5 Å². The third kappa shape index (κ3) is 3.44. The molecule has 0 spiro atoms. The van der Waals surface area contributed by atoms with Crippen molar-refractivity contribution in [3.63, 3.8) is 0 Å². The molecule has 25 heavy (non-hydrogen) atoms. The van der Waals surface area contributed by atoms with Crippen LogP contribution in [0.1, 0.15) is 35.9 Å². The van der Waals surface area contributed by atoms with Crippen LogP contribution in [0.2, 0.25) is 0 Å². The fourth-order valence-electron chi connectivity index (χ4n) is 3.46. The van der Waals surface area contributed by atoms with Crippen molar-refractivity contribution in [3.05, 3.63) is 47.2 Å². The van der Waals surface area contributed by atoms with Gasteiger partial charge in [-0.05, 0) is 38.0 Å². The molecule has 1 fully saturated rings. The molecule has 1 saturated heterocycles. The van der Waals surface area contributed by atoms with Gasteiger partial charge in [-0.2, -0.15) is 5.10 Å². The number of carbonyl (C=O) groups excluding carboxylic acids is 1. The average molecular weight is 354 g/mol. The molecule has 4 rings (SSSR count). The van der Waals surface area contributed by atoms with Gasteiger partial charge >= 0.3 is 0 Å². The molecule has 3 aromatic rings. The Bertz CT molecular complexity index is 851. The molecule has 6 heteroatoms. The number of aryl methyl sites for hydroxylation is 2. The number of likely N-dealkylation sites (tertiary alicyclic amines) is 1. The zero-order chi connectivity index (χ0) is 17.2. The molecule has 0 N–H and O–H groups in total. The molecule has 2 aromatic heterocycles. The zero-order valence-electron chi connectivity index (χ0n) is 14.4. The van der Waals surface area contributed by atoms with Gasteiger partial charge in [-0.15, -0.1) is 11.3 Å². The average Bonchev–Trinajstić information content (AvgIpc) is 3.25. The number of hydrogen-bond acceptors (Lipinski definition) is 4. The Morgan fingerprint density at radius 2 is 2.20 bits per heavy atom. The molecule has 0 unspecified atom stereocenters. The van der Waals surface area contributed by atoms with Crippen molar-refractivity contribution in [2.75, 3.05) is 13.1 Å². The Morgan fingerprint density at radius 1 is 1.32 bits per heavy atom. The SMILES string of the molecule is Cc1ccnn1CCC(=O)N1CCC[C@H](c2nc3ccccc3s2)C1. The van der Waals surface area contributed by atoms with Crippen LogP contribution in [0.25, 0.3) is 10.2 Å². The molecule has 0 saturated carbocycles. The number of nitrogens with zero attached hydrogens (tertiary/aromatic N) is 4. The second-order valence-electron chi connectivity index (χ2n) is 6.64. The summed E-state index contributed by atoms with van der Waals surface area (Å²) in [6.07, 6.45) is 4.45. The van der Waals surface area contributed by atoms with Crippen LogP contribution in [-0.2, 0) is 11.3 Å². The third-order valence-electron chi connectivity index (χ3n) is 4.90. The highest BCUT2D eigenvalue weighted by Gasteiger charge is 2.26. The van der Waals surface area contributed by atoms with E-state index < -0.39 is 0 Å². The Kier molecular flexibility index (Phi) is 4.53. The minimum atomic E-state index is 0.223. The van der Waals surface area contributed by atoms with E-state index in [1.165, 1.54) is 9.71 Å². The van der Waals surface area contributed by atoms with Crippen molar-refractivity contribution >= 4 is 27.5 Å². The maximum atomic E-state index is 12.6.